The molecule has 0 radical (unpaired) electrons. The fourth-order valence-corrected chi connectivity index (χ4v) is 3.67. The summed E-state index contributed by atoms with van der Waals surface area (Å²) in [6, 6.07) is 21.1. The predicted octanol–water partition coefficient (Wildman–Crippen LogP) is 5.48. The summed E-state index contributed by atoms with van der Waals surface area (Å²) in [5, 5.41) is 9.00. The van der Waals surface area contributed by atoms with Gasteiger partial charge in [0.05, 0.1) is 10.6 Å². The Morgan fingerprint density at radius 3 is 2.19 bits per heavy atom. The minimum absolute atomic E-state index is 0.174. The Bertz CT molecular complexity index is 1140. The van der Waals surface area contributed by atoms with E-state index in [-0.39, 0.29) is 16.9 Å². The molecule has 164 valence electrons. The van der Waals surface area contributed by atoms with E-state index in [4.69, 9.17) is 28.6 Å². The molecule has 1 atom stereocenters. The van der Waals surface area contributed by atoms with Crippen LogP contribution >= 0.6 is 46.4 Å². The molecule has 3 aromatic rings. The number of amides is 2. The van der Waals surface area contributed by atoms with Crippen molar-refractivity contribution in [3.8, 4) is 5.75 Å². The van der Waals surface area contributed by atoms with Gasteiger partial charge in [0.1, 0.15) is 5.75 Å². The average molecular weight is 580 g/mol. The molecule has 0 aromatic heterocycles. The molecular formula is C23H19ClIN3O3S. The van der Waals surface area contributed by atoms with Crippen molar-refractivity contribution in [2.45, 2.75) is 13.0 Å². The van der Waals surface area contributed by atoms with Crippen molar-refractivity contribution >= 4 is 74.7 Å². The number of carbonyl (C=O) groups excluding carboxylic acids is 2. The summed E-state index contributed by atoms with van der Waals surface area (Å²) in [4.78, 5) is 24.8. The Balaban J connectivity index is 1.52. The van der Waals surface area contributed by atoms with Gasteiger partial charge in [-0.3, -0.25) is 14.9 Å². The van der Waals surface area contributed by atoms with E-state index in [0.717, 1.165) is 3.57 Å². The third-order valence-corrected chi connectivity index (χ3v) is 5.72. The molecule has 0 spiro atoms. The summed E-state index contributed by atoms with van der Waals surface area (Å²) in [6.07, 6.45) is -0.740. The smallest absolute Gasteiger partial charge is 0.265 e. The highest BCUT2D eigenvalue weighted by atomic mass is 127. The Labute approximate surface area is 209 Å². The maximum Gasteiger partial charge on any atom is 0.265 e. The van der Waals surface area contributed by atoms with Crippen LogP contribution in [-0.2, 0) is 4.79 Å². The predicted molar refractivity (Wildman–Crippen MR) is 139 cm³/mol. The molecule has 9 heteroatoms. The first-order chi connectivity index (χ1) is 15.3. The number of thiocarbonyl (C=S) groups is 1. The minimum atomic E-state index is -0.740. The number of benzene rings is 3. The Morgan fingerprint density at radius 1 is 0.938 bits per heavy atom. The molecule has 0 aliphatic rings. The average Bonchev–Trinajstić information content (AvgIpc) is 2.76. The lowest BCUT2D eigenvalue weighted by Crippen LogP contribution is -2.34. The lowest BCUT2D eigenvalue weighted by atomic mass is 10.2. The van der Waals surface area contributed by atoms with Crippen molar-refractivity contribution in [3.63, 3.8) is 0 Å². The van der Waals surface area contributed by atoms with Gasteiger partial charge in [-0.2, -0.15) is 0 Å². The van der Waals surface area contributed by atoms with E-state index < -0.39 is 6.10 Å². The monoisotopic (exact) mass is 579 g/mol. The number of carbonyl (C=O) groups is 2. The van der Waals surface area contributed by atoms with Crippen LogP contribution in [0.25, 0.3) is 0 Å². The summed E-state index contributed by atoms with van der Waals surface area (Å²) in [6.45, 7) is 1.64. The van der Waals surface area contributed by atoms with Crippen LogP contribution in [0.2, 0.25) is 5.02 Å². The van der Waals surface area contributed by atoms with Crippen molar-refractivity contribution in [1.82, 2.24) is 5.32 Å². The SMILES string of the molecule is CC(Oc1ccccc1Cl)C(=O)Nc1ccc(NC(=S)NC(=O)c2ccccc2I)cc1. The number of anilines is 2. The van der Waals surface area contributed by atoms with Gasteiger partial charge in [-0.15, -0.1) is 0 Å². The molecule has 0 saturated carbocycles. The van der Waals surface area contributed by atoms with Crippen LogP contribution in [0.5, 0.6) is 5.75 Å². The molecule has 0 aliphatic carbocycles. The number of hydrogen-bond donors (Lipinski definition) is 3. The zero-order valence-electron chi connectivity index (χ0n) is 16.9. The zero-order chi connectivity index (χ0) is 23.1. The molecule has 2 amide bonds. The van der Waals surface area contributed by atoms with E-state index in [1.807, 2.05) is 12.1 Å². The second kappa shape index (κ2) is 11.3. The van der Waals surface area contributed by atoms with Crippen LogP contribution in [0, 0.1) is 3.57 Å². The van der Waals surface area contributed by atoms with Gasteiger partial charge in [-0.1, -0.05) is 35.9 Å². The molecule has 0 saturated heterocycles. The quantitative estimate of drug-likeness (QED) is 0.266. The lowest BCUT2D eigenvalue weighted by molar-refractivity contribution is -0.122. The molecule has 3 N–H and O–H groups in total. The Morgan fingerprint density at radius 2 is 1.53 bits per heavy atom. The van der Waals surface area contributed by atoms with E-state index in [1.165, 1.54) is 0 Å². The third kappa shape index (κ3) is 6.65. The number of rotatable bonds is 6. The molecule has 32 heavy (non-hydrogen) atoms. The highest BCUT2D eigenvalue weighted by Gasteiger charge is 2.16. The Kier molecular flexibility index (Phi) is 8.43. The fourth-order valence-electron chi connectivity index (χ4n) is 2.64. The summed E-state index contributed by atoms with van der Waals surface area (Å²) in [7, 11) is 0. The normalized spacial score (nSPS) is 11.2. The van der Waals surface area contributed by atoms with E-state index in [9.17, 15) is 9.59 Å². The van der Waals surface area contributed by atoms with E-state index >= 15 is 0 Å². The first kappa shape index (κ1) is 24.0. The number of halogens is 2. The van der Waals surface area contributed by atoms with Gasteiger partial charge in [0.15, 0.2) is 11.2 Å². The molecule has 0 heterocycles. The van der Waals surface area contributed by atoms with Crippen LogP contribution in [0.1, 0.15) is 17.3 Å². The van der Waals surface area contributed by atoms with Crippen LogP contribution < -0.4 is 20.7 Å². The summed E-state index contributed by atoms with van der Waals surface area (Å²) in [5.74, 6) is -0.160. The van der Waals surface area contributed by atoms with Crippen LogP contribution in [0.15, 0.2) is 72.8 Å². The van der Waals surface area contributed by atoms with Gasteiger partial charge in [-0.25, -0.2) is 0 Å². The zero-order valence-corrected chi connectivity index (χ0v) is 20.6. The first-order valence-corrected chi connectivity index (χ1v) is 11.4. The van der Waals surface area contributed by atoms with Crippen molar-refractivity contribution in [2.24, 2.45) is 0 Å². The van der Waals surface area contributed by atoms with Gasteiger partial charge >= 0.3 is 0 Å². The van der Waals surface area contributed by atoms with Crippen molar-refractivity contribution in [2.75, 3.05) is 10.6 Å². The van der Waals surface area contributed by atoms with Crippen molar-refractivity contribution in [1.29, 1.82) is 0 Å². The molecule has 3 rings (SSSR count). The van der Waals surface area contributed by atoms with Gasteiger partial charge in [0, 0.05) is 14.9 Å². The maximum absolute atomic E-state index is 12.4. The number of para-hydroxylation sites is 1. The van der Waals surface area contributed by atoms with E-state index in [2.05, 4.69) is 38.5 Å². The first-order valence-electron chi connectivity index (χ1n) is 9.52. The van der Waals surface area contributed by atoms with Crippen LogP contribution in [0.3, 0.4) is 0 Å². The summed E-state index contributed by atoms with van der Waals surface area (Å²) >= 11 is 13.4. The van der Waals surface area contributed by atoms with Crippen LogP contribution in [0.4, 0.5) is 11.4 Å². The summed E-state index contributed by atoms with van der Waals surface area (Å²) in [5.41, 5.74) is 1.80. The second-order valence-electron chi connectivity index (χ2n) is 6.65. The molecule has 3 aromatic carbocycles. The van der Waals surface area contributed by atoms with Crippen LogP contribution in [-0.4, -0.2) is 23.0 Å². The van der Waals surface area contributed by atoms with Gasteiger partial charge in [-0.05, 0) is 90.3 Å². The topological polar surface area (TPSA) is 79.5 Å². The standard InChI is InChI=1S/C23H19ClIN3O3S/c1-14(31-20-9-5-3-7-18(20)24)21(29)26-15-10-12-16(13-11-15)27-23(32)28-22(30)17-6-2-4-8-19(17)25/h2-14H,1H3,(H,26,29)(H2,27,28,30,32). The molecule has 1 unspecified atom stereocenters. The van der Waals surface area contributed by atoms with Crippen molar-refractivity contribution < 1.29 is 14.3 Å². The highest BCUT2D eigenvalue weighted by Crippen LogP contribution is 2.24. The minimum Gasteiger partial charge on any atom is -0.479 e. The van der Waals surface area contributed by atoms with Crippen molar-refractivity contribution in [3.05, 3.63) is 87.0 Å². The Hall–Kier alpha value is -2.69. The second-order valence-corrected chi connectivity index (χ2v) is 8.62. The molecule has 6 nitrogen and oxygen atoms in total. The highest BCUT2D eigenvalue weighted by molar-refractivity contribution is 14.1. The molecule has 0 aliphatic heterocycles. The van der Waals surface area contributed by atoms with Gasteiger partial charge in [0.25, 0.3) is 11.8 Å². The largest absolute Gasteiger partial charge is 0.479 e. The lowest BCUT2D eigenvalue weighted by Gasteiger charge is -2.16. The maximum atomic E-state index is 12.4. The van der Waals surface area contributed by atoms with E-state index in [1.54, 1.807) is 67.6 Å². The molecule has 0 bridgehead atoms. The van der Waals surface area contributed by atoms with E-state index in [0.29, 0.717) is 27.7 Å². The molecular weight excluding hydrogens is 561 g/mol. The summed E-state index contributed by atoms with van der Waals surface area (Å²) < 4.78 is 6.45. The van der Waals surface area contributed by atoms with Gasteiger partial charge in [0.2, 0.25) is 0 Å². The molecule has 0 fully saturated rings. The fraction of sp³-hybridized carbons (Fsp3) is 0.0870. The van der Waals surface area contributed by atoms with Gasteiger partial charge < -0.3 is 15.4 Å². The third-order valence-electron chi connectivity index (χ3n) is 4.27. The number of nitrogens with one attached hydrogen (secondary N) is 3. The number of hydrogen-bond acceptors (Lipinski definition) is 4. The number of ether oxygens (including phenoxy) is 1.